The van der Waals surface area contributed by atoms with E-state index >= 15 is 0 Å². The van der Waals surface area contributed by atoms with Crippen molar-refractivity contribution in [1.82, 2.24) is 19.3 Å². The highest BCUT2D eigenvalue weighted by atomic mass is 32.2. The van der Waals surface area contributed by atoms with E-state index in [0.29, 0.717) is 11.0 Å². The molecule has 0 radical (unpaired) electrons. The first-order valence-electron chi connectivity index (χ1n) is 8.48. The highest BCUT2D eigenvalue weighted by Crippen LogP contribution is 2.30. The first-order chi connectivity index (χ1) is 13.7. The molecule has 3 aromatic heterocycles. The summed E-state index contributed by atoms with van der Waals surface area (Å²) in [4.78, 5) is 30.1. The Labute approximate surface area is 166 Å². The van der Waals surface area contributed by atoms with Crippen molar-refractivity contribution in [2.24, 2.45) is 0 Å². The predicted octanol–water partition coefficient (Wildman–Crippen LogP) is 1.12. The summed E-state index contributed by atoms with van der Waals surface area (Å²) in [5.74, 6) is 0. The third-order valence-electron chi connectivity index (χ3n) is 4.13. The van der Waals surface area contributed by atoms with Crippen molar-refractivity contribution in [3.8, 4) is 0 Å². The molecule has 1 aliphatic heterocycles. The zero-order valence-corrected chi connectivity index (χ0v) is 16.8. The molecule has 154 valence electrons. The van der Waals surface area contributed by atoms with Crippen LogP contribution < -0.4 is 5.32 Å². The third-order valence-corrected chi connectivity index (χ3v) is 5.78. The molecule has 0 aliphatic carbocycles. The van der Waals surface area contributed by atoms with Crippen molar-refractivity contribution in [2.45, 2.75) is 11.3 Å². The third kappa shape index (κ3) is 5.15. The molecule has 3 aromatic rings. The highest BCUT2D eigenvalue weighted by molar-refractivity contribution is 7.90. The number of phosphoric acid groups is 1. The number of hydrogen-bond donors (Lipinski definition) is 4. The molecule has 0 saturated heterocycles. The van der Waals surface area contributed by atoms with Crippen molar-refractivity contribution in [2.75, 3.05) is 13.1 Å². The van der Waals surface area contributed by atoms with Crippen molar-refractivity contribution in [3.63, 3.8) is 0 Å². The minimum absolute atomic E-state index is 0.164. The fourth-order valence-corrected chi connectivity index (χ4v) is 4.27. The van der Waals surface area contributed by atoms with Gasteiger partial charge in [0, 0.05) is 36.9 Å². The Balaban J connectivity index is 0.000000431. The lowest BCUT2D eigenvalue weighted by atomic mass is 10.0. The molecular weight excluding hydrogens is 419 g/mol. The summed E-state index contributed by atoms with van der Waals surface area (Å²) >= 11 is 0. The summed E-state index contributed by atoms with van der Waals surface area (Å²) in [5, 5.41) is 3.27. The molecule has 0 fully saturated rings. The van der Waals surface area contributed by atoms with Crippen LogP contribution in [0, 0.1) is 0 Å². The first-order valence-corrected chi connectivity index (χ1v) is 11.5. The normalized spacial score (nSPS) is 14.8. The Morgan fingerprint density at radius 2 is 1.86 bits per heavy atom. The molecule has 0 aromatic carbocycles. The van der Waals surface area contributed by atoms with Gasteiger partial charge in [0.1, 0.15) is 4.90 Å². The summed E-state index contributed by atoms with van der Waals surface area (Å²) in [6.07, 6.45) is 9.23. The van der Waals surface area contributed by atoms with Gasteiger partial charge < -0.3 is 20.0 Å². The number of rotatable bonds is 3. The van der Waals surface area contributed by atoms with Gasteiger partial charge in [-0.2, -0.15) is 0 Å². The lowest BCUT2D eigenvalue weighted by Crippen LogP contribution is -2.20. The molecule has 12 heteroatoms. The lowest BCUT2D eigenvalue weighted by molar-refractivity contribution is 0.275. The molecule has 4 heterocycles. The maximum Gasteiger partial charge on any atom is 0.466 e. The van der Waals surface area contributed by atoms with E-state index in [9.17, 15) is 8.42 Å². The Kier molecular flexibility index (Phi) is 6.27. The maximum absolute atomic E-state index is 13.0. The van der Waals surface area contributed by atoms with E-state index in [1.165, 1.54) is 10.2 Å². The van der Waals surface area contributed by atoms with Gasteiger partial charge in [0.25, 0.3) is 10.0 Å². The zero-order chi connectivity index (χ0) is 21.1. The van der Waals surface area contributed by atoms with E-state index in [-0.39, 0.29) is 4.90 Å². The SMILES string of the molecule is O=P(O)(O)O.O=S(=O)(c1cccnc1)n1cc(C2=CCNCC2)c2ncccc21. The number of fused-ring (bicyclic) bond motifs is 1. The average molecular weight is 438 g/mol. The van der Waals surface area contributed by atoms with E-state index in [0.717, 1.165) is 30.6 Å². The molecule has 29 heavy (non-hydrogen) atoms. The van der Waals surface area contributed by atoms with Gasteiger partial charge in [-0.3, -0.25) is 9.97 Å². The van der Waals surface area contributed by atoms with Crippen LogP contribution in [-0.4, -0.2) is 50.1 Å². The minimum Gasteiger partial charge on any atom is -0.313 e. The molecular formula is C17H19N4O6PS. The van der Waals surface area contributed by atoms with Gasteiger partial charge in [0.05, 0.1) is 11.0 Å². The quantitative estimate of drug-likeness (QED) is 0.440. The van der Waals surface area contributed by atoms with Crippen LogP contribution in [0.2, 0.25) is 0 Å². The van der Waals surface area contributed by atoms with E-state index in [1.54, 1.807) is 42.9 Å². The van der Waals surface area contributed by atoms with Gasteiger partial charge in [0.2, 0.25) is 0 Å². The summed E-state index contributed by atoms with van der Waals surface area (Å²) in [6.45, 7) is 1.66. The Bertz CT molecular complexity index is 1180. The minimum atomic E-state index is -4.64. The van der Waals surface area contributed by atoms with E-state index < -0.39 is 17.8 Å². The van der Waals surface area contributed by atoms with Crippen LogP contribution in [0.4, 0.5) is 0 Å². The molecule has 0 amide bonds. The molecule has 0 bridgehead atoms. The topological polar surface area (TPSA) is 155 Å². The smallest absolute Gasteiger partial charge is 0.313 e. The summed E-state index contributed by atoms with van der Waals surface area (Å²) < 4.78 is 36.2. The fraction of sp³-hybridized carbons (Fsp3) is 0.176. The van der Waals surface area contributed by atoms with E-state index in [4.69, 9.17) is 19.2 Å². The van der Waals surface area contributed by atoms with Gasteiger partial charge in [-0.1, -0.05) is 6.08 Å². The van der Waals surface area contributed by atoms with Crippen molar-refractivity contribution in [3.05, 3.63) is 60.7 Å². The second kappa shape index (κ2) is 8.54. The number of nitrogens with zero attached hydrogens (tertiary/aromatic N) is 3. The molecule has 10 nitrogen and oxygen atoms in total. The summed E-state index contributed by atoms with van der Waals surface area (Å²) in [5.41, 5.74) is 3.28. The second-order valence-electron chi connectivity index (χ2n) is 6.10. The van der Waals surface area contributed by atoms with Gasteiger partial charge in [0.15, 0.2) is 0 Å². The molecule has 4 rings (SSSR count). The van der Waals surface area contributed by atoms with Crippen molar-refractivity contribution < 1.29 is 27.7 Å². The fourth-order valence-electron chi connectivity index (χ4n) is 2.94. The molecule has 0 unspecified atom stereocenters. The number of nitrogens with one attached hydrogen (secondary N) is 1. The first kappa shape index (κ1) is 21.3. The zero-order valence-electron chi connectivity index (χ0n) is 15.1. The van der Waals surface area contributed by atoms with Crippen LogP contribution in [0.1, 0.15) is 12.0 Å². The van der Waals surface area contributed by atoms with E-state index in [2.05, 4.69) is 21.4 Å². The Hall–Kier alpha value is -2.40. The van der Waals surface area contributed by atoms with Crippen LogP contribution in [0.5, 0.6) is 0 Å². The summed E-state index contributed by atoms with van der Waals surface area (Å²) in [6, 6.07) is 6.70. The molecule has 4 N–H and O–H groups in total. The average Bonchev–Trinajstić information content (AvgIpc) is 3.09. The monoisotopic (exact) mass is 438 g/mol. The van der Waals surface area contributed by atoms with Crippen LogP contribution >= 0.6 is 7.82 Å². The van der Waals surface area contributed by atoms with Gasteiger partial charge in [-0.15, -0.1) is 0 Å². The van der Waals surface area contributed by atoms with Gasteiger partial charge in [-0.05, 0) is 42.8 Å². The number of aromatic nitrogens is 3. The Morgan fingerprint density at radius 3 is 2.48 bits per heavy atom. The maximum atomic E-state index is 13.0. The van der Waals surface area contributed by atoms with Crippen LogP contribution in [0.3, 0.4) is 0 Å². The van der Waals surface area contributed by atoms with Crippen molar-refractivity contribution in [1.29, 1.82) is 0 Å². The summed E-state index contributed by atoms with van der Waals surface area (Å²) in [7, 11) is -8.35. The predicted molar refractivity (Wildman–Crippen MR) is 106 cm³/mol. The molecule has 0 spiro atoms. The number of hydrogen-bond acceptors (Lipinski definition) is 6. The Morgan fingerprint density at radius 1 is 1.14 bits per heavy atom. The van der Waals surface area contributed by atoms with Crippen LogP contribution in [-0.2, 0) is 14.6 Å². The van der Waals surface area contributed by atoms with Crippen LogP contribution in [0.15, 0.2) is 60.0 Å². The highest BCUT2D eigenvalue weighted by Gasteiger charge is 2.23. The van der Waals surface area contributed by atoms with Crippen LogP contribution in [0.25, 0.3) is 16.6 Å². The molecule has 1 aliphatic rings. The van der Waals surface area contributed by atoms with Gasteiger partial charge in [-0.25, -0.2) is 17.0 Å². The molecule has 0 saturated carbocycles. The van der Waals surface area contributed by atoms with Crippen molar-refractivity contribution >= 4 is 34.5 Å². The largest absolute Gasteiger partial charge is 0.466 e. The lowest BCUT2D eigenvalue weighted by Gasteiger charge is -2.12. The van der Waals surface area contributed by atoms with E-state index in [1.807, 2.05) is 0 Å². The number of pyridine rings is 2. The standard InChI is InChI=1S/C17H16N4O2S.H3O4P/c22-24(23,14-3-1-7-19-11-14)21-12-15(13-5-9-18-10-6-13)17-16(21)4-2-8-20-17;1-5(2,3)4/h1-5,7-8,11-12,18H,6,9-10H2;(H3,1,2,3,4). The van der Waals surface area contributed by atoms with Gasteiger partial charge >= 0.3 is 7.82 Å². The molecule has 0 atom stereocenters. The second-order valence-corrected chi connectivity index (χ2v) is 8.94.